The van der Waals surface area contributed by atoms with E-state index in [4.69, 9.17) is 14.4 Å². The van der Waals surface area contributed by atoms with Crippen molar-refractivity contribution < 1.29 is 13.9 Å². The second kappa shape index (κ2) is 6.39. The van der Waals surface area contributed by atoms with E-state index < -0.39 is 5.97 Å². The van der Waals surface area contributed by atoms with Crippen molar-refractivity contribution in [3.05, 3.63) is 53.8 Å². The van der Waals surface area contributed by atoms with Crippen molar-refractivity contribution in [2.75, 3.05) is 6.61 Å². The average Bonchev–Trinajstić information content (AvgIpc) is 2.94. The highest BCUT2D eigenvalue weighted by atomic mass is 16.5. The fraction of sp³-hybridized carbons (Fsp3) is 0.125. The lowest BCUT2D eigenvalue weighted by Gasteiger charge is -1.98. The van der Waals surface area contributed by atoms with Crippen molar-refractivity contribution in [3.8, 4) is 17.4 Å². The smallest absolute Gasteiger partial charge is 0.349 e. The van der Waals surface area contributed by atoms with Gasteiger partial charge in [-0.1, -0.05) is 30.3 Å². The summed E-state index contributed by atoms with van der Waals surface area (Å²) in [7, 11) is 0. The summed E-state index contributed by atoms with van der Waals surface area (Å²) in [6, 6.07) is 14.9. The maximum Gasteiger partial charge on any atom is 0.349 e. The van der Waals surface area contributed by atoms with E-state index in [2.05, 4.69) is 0 Å². The molecule has 1 aromatic heterocycles. The number of rotatable bonds is 4. The number of hydrogen-bond acceptors (Lipinski definition) is 4. The molecule has 1 heterocycles. The van der Waals surface area contributed by atoms with Crippen molar-refractivity contribution in [2.45, 2.75) is 6.92 Å². The van der Waals surface area contributed by atoms with Crippen LogP contribution in [0.4, 0.5) is 0 Å². The van der Waals surface area contributed by atoms with Crippen molar-refractivity contribution in [2.24, 2.45) is 0 Å². The number of nitriles is 1. The van der Waals surface area contributed by atoms with E-state index in [1.165, 1.54) is 6.08 Å². The lowest BCUT2D eigenvalue weighted by molar-refractivity contribution is -0.137. The number of hydrogen-bond donors (Lipinski definition) is 0. The fourth-order valence-electron chi connectivity index (χ4n) is 1.68. The quantitative estimate of drug-likeness (QED) is 0.483. The summed E-state index contributed by atoms with van der Waals surface area (Å²) in [6.45, 7) is 1.92. The summed E-state index contributed by atoms with van der Waals surface area (Å²) >= 11 is 0. The standard InChI is InChI=1S/C16H13NO3/c1-2-19-16(18)13(11-17)10-14-8-9-15(20-14)12-6-4-3-5-7-12/h3-10H,2H2,1H3. The molecule has 0 atom stereocenters. The van der Waals surface area contributed by atoms with Crippen LogP contribution < -0.4 is 0 Å². The van der Waals surface area contributed by atoms with E-state index >= 15 is 0 Å². The molecule has 4 nitrogen and oxygen atoms in total. The summed E-state index contributed by atoms with van der Waals surface area (Å²) in [5.74, 6) is 0.471. The highest BCUT2D eigenvalue weighted by Gasteiger charge is 2.11. The van der Waals surface area contributed by atoms with Crippen LogP contribution in [0.2, 0.25) is 0 Å². The van der Waals surface area contributed by atoms with Gasteiger partial charge in [0.2, 0.25) is 0 Å². The molecule has 4 heteroatoms. The van der Waals surface area contributed by atoms with Gasteiger partial charge in [0, 0.05) is 11.6 Å². The van der Waals surface area contributed by atoms with Crippen LogP contribution in [0.3, 0.4) is 0 Å². The minimum atomic E-state index is -0.646. The van der Waals surface area contributed by atoms with Crippen LogP contribution >= 0.6 is 0 Å². The highest BCUT2D eigenvalue weighted by molar-refractivity contribution is 5.97. The molecule has 2 rings (SSSR count). The summed E-state index contributed by atoms with van der Waals surface area (Å²) in [6.07, 6.45) is 1.38. The zero-order valence-corrected chi connectivity index (χ0v) is 11.0. The Bertz CT molecular complexity index is 663. The van der Waals surface area contributed by atoms with Gasteiger partial charge in [-0.05, 0) is 19.1 Å². The molecule has 0 radical (unpaired) electrons. The third-order valence-electron chi connectivity index (χ3n) is 2.59. The normalized spacial score (nSPS) is 10.9. The number of ether oxygens (including phenoxy) is 1. The number of furan rings is 1. The molecule has 2 aromatic rings. The third-order valence-corrected chi connectivity index (χ3v) is 2.59. The third kappa shape index (κ3) is 3.15. The minimum absolute atomic E-state index is 0.0826. The second-order valence-corrected chi connectivity index (χ2v) is 3.96. The van der Waals surface area contributed by atoms with Gasteiger partial charge < -0.3 is 9.15 Å². The second-order valence-electron chi connectivity index (χ2n) is 3.96. The Hall–Kier alpha value is -2.80. The first kappa shape index (κ1) is 13.6. The van der Waals surface area contributed by atoms with Crippen LogP contribution in [-0.2, 0) is 9.53 Å². The number of carbonyl (C=O) groups is 1. The van der Waals surface area contributed by atoms with Crippen molar-refractivity contribution >= 4 is 12.0 Å². The number of carbonyl (C=O) groups excluding carboxylic acids is 1. The van der Waals surface area contributed by atoms with Crippen LogP contribution in [0.25, 0.3) is 17.4 Å². The van der Waals surface area contributed by atoms with Gasteiger partial charge >= 0.3 is 5.97 Å². The maximum atomic E-state index is 11.5. The highest BCUT2D eigenvalue weighted by Crippen LogP contribution is 2.23. The molecule has 0 spiro atoms. The Morgan fingerprint density at radius 3 is 2.70 bits per heavy atom. The monoisotopic (exact) mass is 267 g/mol. The van der Waals surface area contributed by atoms with Crippen molar-refractivity contribution in [1.29, 1.82) is 5.26 Å². The number of esters is 1. The first-order chi connectivity index (χ1) is 9.74. The van der Waals surface area contributed by atoms with Gasteiger partial charge in [-0.15, -0.1) is 0 Å². The maximum absolute atomic E-state index is 11.5. The SMILES string of the molecule is CCOC(=O)C(C#N)=Cc1ccc(-c2ccccc2)o1. The molecule has 1 aromatic carbocycles. The molecule has 0 aliphatic rings. The van der Waals surface area contributed by atoms with E-state index in [-0.39, 0.29) is 12.2 Å². The summed E-state index contributed by atoms with van der Waals surface area (Å²) in [5, 5.41) is 8.95. The molecule has 0 saturated carbocycles. The predicted octanol–water partition coefficient (Wildman–Crippen LogP) is 3.42. The minimum Gasteiger partial charge on any atom is -0.462 e. The Morgan fingerprint density at radius 1 is 1.30 bits per heavy atom. The average molecular weight is 267 g/mol. The van der Waals surface area contributed by atoms with Crippen molar-refractivity contribution in [3.63, 3.8) is 0 Å². The molecule has 100 valence electrons. The summed E-state index contributed by atoms with van der Waals surface area (Å²) < 4.78 is 10.4. The van der Waals surface area contributed by atoms with E-state index in [1.54, 1.807) is 19.1 Å². The lowest BCUT2D eigenvalue weighted by atomic mass is 10.2. The van der Waals surface area contributed by atoms with Crippen LogP contribution in [-0.4, -0.2) is 12.6 Å². The van der Waals surface area contributed by atoms with Gasteiger partial charge in [-0.25, -0.2) is 4.79 Å². The van der Waals surface area contributed by atoms with E-state index in [0.29, 0.717) is 11.5 Å². The molecule has 0 fully saturated rings. The van der Waals surface area contributed by atoms with Gasteiger partial charge in [0.1, 0.15) is 23.2 Å². The van der Waals surface area contributed by atoms with E-state index in [0.717, 1.165) is 5.56 Å². The predicted molar refractivity (Wildman–Crippen MR) is 74.4 cm³/mol. The Balaban J connectivity index is 2.25. The molecule has 0 unspecified atom stereocenters. The van der Waals surface area contributed by atoms with Crippen LogP contribution in [0, 0.1) is 11.3 Å². The lowest BCUT2D eigenvalue weighted by Crippen LogP contribution is -2.05. The topological polar surface area (TPSA) is 63.2 Å². The van der Waals surface area contributed by atoms with Crippen LogP contribution in [0.1, 0.15) is 12.7 Å². The molecule has 0 aliphatic carbocycles. The summed E-state index contributed by atoms with van der Waals surface area (Å²) in [5.41, 5.74) is 0.850. The van der Waals surface area contributed by atoms with Gasteiger partial charge in [0.05, 0.1) is 6.61 Å². The van der Waals surface area contributed by atoms with Crippen LogP contribution in [0.15, 0.2) is 52.5 Å². The molecule has 0 N–H and O–H groups in total. The number of nitrogens with zero attached hydrogens (tertiary/aromatic N) is 1. The van der Waals surface area contributed by atoms with Gasteiger partial charge in [-0.3, -0.25) is 0 Å². The largest absolute Gasteiger partial charge is 0.462 e. The van der Waals surface area contributed by atoms with Crippen molar-refractivity contribution in [1.82, 2.24) is 0 Å². The molecule has 0 aliphatic heterocycles. The van der Waals surface area contributed by atoms with Gasteiger partial charge in [0.25, 0.3) is 0 Å². The molecule has 0 bridgehead atoms. The molecular weight excluding hydrogens is 254 g/mol. The zero-order valence-electron chi connectivity index (χ0n) is 11.0. The van der Waals surface area contributed by atoms with E-state index in [1.807, 2.05) is 36.4 Å². The van der Waals surface area contributed by atoms with Gasteiger partial charge in [-0.2, -0.15) is 5.26 Å². The Kier molecular flexibility index (Phi) is 4.35. The number of benzene rings is 1. The Labute approximate surface area is 116 Å². The zero-order chi connectivity index (χ0) is 14.4. The molecule has 0 saturated heterocycles. The molecule has 0 amide bonds. The molecular formula is C16H13NO3. The van der Waals surface area contributed by atoms with Crippen LogP contribution in [0.5, 0.6) is 0 Å². The van der Waals surface area contributed by atoms with Gasteiger partial charge in [0.15, 0.2) is 0 Å². The first-order valence-corrected chi connectivity index (χ1v) is 6.18. The Morgan fingerprint density at radius 2 is 2.05 bits per heavy atom. The summed E-state index contributed by atoms with van der Waals surface area (Å²) in [4.78, 5) is 11.5. The van der Waals surface area contributed by atoms with E-state index in [9.17, 15) is 4.79 Å². The molecule has 20 heavy (non-hydrogen) atoms. The fourth-order valence-corrected chi connectivity index (χ4v) is 1.68. The first-order valence-electron chi connectivity index (χ1n) is 6.18.